The standard InChI is InChI=1S/C14H21FN2S/c1-3-16-9-12-13(15)5-4-6-14(12)17-7-8-18-11(2)10-17/h4-6,11,16H,3,7-10H2,1-2H3. The van der Waals surface area contributed by atoms with E-state index in [1.165, 1.54) is 0 Å². The van der Waals surface area contributed by atoms with E-state index in [-0.39, 0.29) is 5.82 Å². The molecule has 0 amide bonds. The molecule has 4 heteroatoms. The highest BCUT2D eigenvalue weighted by molar-refractivity contribution is 8.00. The lowest BCUT2D eigenvalue weighted by atomic mass is 10.1. The SMILES string of the molecule is CCNCc1c(F)cccc1N1CCSC(C)C1. The highest BCUT2D eigenvalue weighted by Crippen LogP contribution is 2.28. The number of rotatable bonds is 4. The van der Waals surface area contributed by atoms with Gasteiger partial charge in [-0.1, -0.05) is 19.9 Å². The predicted octanol–water partition coefficient (Wildman–Crippen LogP) is 2.88. The minimum atomic E-state index is -0.0978. The van der Waals surface area contributed by atoms with Crippen molar-refractivity contribution in [2.45, 2.75) is 25.6 Å². The quantitative estimate of drug-likeness (QED) is 0.904. The Bertz CT molecular complexity index is 397. The van der Waals surface area contributed by atoms with Gasteiger partial charge in [0.05, 0.1) is 0 Å². The topological polar surface area (TPSA) is 15.3 Å². The Morgan fingerprint density at radius 2 is 2.33 bits per heavy atom. The zero-order valence-electron chi connectivity index (χ0n) is 11.1. The molecule has 1 unspecified atom stereocenters. The number of hydrogen-bond donors (Lipinski definition) is 1. The number of anilines is 1. The first-order valence-electron chi connectivity index (χ1n) is 6.57. The van der Waals surface area contributed by atoms with Gasteiger partial charge in [-0.3, -0.25) is 0 Å². The summed E-state index contributed by atoms with van der Waals surface area (Å²) < 4.78 is 14.0. The number of thioether (sulfide) groups is 1. The van der Waals surface area contributed by atoms with Crippen LogP contribution < -0.4 is 10.2 Å². The summed E-state index contributed by atoms with van der Waals surface area (Å²) in [7, 11) is 0. The van der Waals surface area contributed by atoms with Crippen molar-refractivity contribution in [2.24, 2.45) is 0 Å². The van der Waals surface area contributed by atoms with Gasteiger partial charge in [-0.25, -0.2) is 4.39 Å². The molecule has 100 valence electrons. The summed E-state index contributed by atoms with van der Waals surface area (Å²) in [6.45, 7) is 7.77. The fourth-order valence-electron chi connectivity index (χ4n) is 2.31. The molecule has 0 radical (unpaired) electrons. The molecule has 0 bridgehead atoms. The lowest BCUT2D eigenvalue weighted by Gasteiger charge is -2.34. The summed E-state index contributed by atoms with van der Waals surface area (Å²) in [5.74, 6) is 1.03. The lowest BCUT2D eigenvalue weighted by Crippen LogP contribution is -2.37. The van der Waals surface area contributed by atoms with Crippen LogP contribution in [0.3, 0.4) is 0 Å². The second kappa shape index (κ2) is 6.43. The van der Waals surface area contributed by atoms with Crippen molar-refractivity contribution in [1.29, 1.82) is 0 Å². The van der Waals surface area contributed by atoms with Gasteiger partial charge in [0.15, 0.2) is 0 Å². The van der Waals surface area contributed by atoms with Crippen LogP contribution in [0.2, 0.25) is 0 Å². The van der Waals surface area contributed by atoms with Gasteiger partial charge in [0.2, 0.25) is 0 Å². The second-order valence-electron chi connectivity index (χ2n) is 4.65. The number of nitrogens with one attached hydrogen (secondary N) is 1. The Balaban J connectivity index is 2.22. The van der Waals surface area contributed by atoms with Crippen LogP contribution in [-0.2, 0) is 6.54 Å². The molecule has 1 aliphatic heterocycles. The van der Waals surface area contributed by atoms with Crippen LogP contribution >= 0.6 is 11.8 Å². The minimum Gasteiger partial charge on any atom is -0.369 e. The van der Waals surface area contributed by atoms with Crippen LogP contribution in [0.4, 0.5) is 10.1 Å². The van der Waals surface area contributed by atoms with E-state index in [9.17, 15) is 4.39 Å². The van der Waals surface area contributed by atoms with Crippen LogP contribution in [-0.4, -0.2) is 30.6 Å². The van der Waals surface area contributed by atoms with Crippen molar-refractivity contribution in [3.05, 3.63) is 29.6 Å². The van der Waals surface area contributed by atoms with Crippen molar-refractivity contribution in [3.8, 4) is 0 Å². The molecule has 18 heavy (non-hydrogen) atoms. The van der Waals surface area contributed by atoms with Crippen molar-refractivity contribution in [1.82, 2.24) is 5.32 Å². The van der Waals surface area contributed by atoms with Crippen LogP contribution in [0, 0.1) is 5.82 Å². The van der Waals surface area contributed by atoms with Gasteiger partial charge in [-0.05, 0) is 18.7 Å². The monoisotopic (exact) mass is 268 g/mol. The molecule has 0 saturated carbocycles. The van der Waals surface area contributed by atoms with Crippen LogP contribution in [0.5, 0.6) is 0 Å². The molecule has 1 aromatic rings. The van der Waals surface area contributed by atoms with E-state index >= 15 is 0 Å². The van der Waals surface area contributed by atoms with Gasteiger partial charge in [-0.2, -0.15) is 11.8 Å². The van der Waals surface area contributed by atoms with E-state index < -0.39 is 0 Å². The molecule has 1 N–H and O–H groups in total. The molecule has 2 rings (SSSR count). The van der Waals surface area contributed by atoms with E-state index in [1.807, 2.05) is 30.8 Å². The van der Waals surface area contributed by atoms with Gasteiger partial charge in [0.1, 0.15) is 5.82 Å². The number of hydrogen-bond acceptors (Lipinski definition) is 3. The normalized spacial score (nSPS) is 20.2. The summed E-state index contributed by atoms with van der Waals surface area (Å²) in [6.07, 6.45) is 0. The molecular formula is C14H21FN2S. The van der Waals surface area contributed by atoms with Crippen molar-refractivity contribution < 1.29 is 4.39 Å². The first kappa shape index (κ1) is 13.7. The Labute approximate surface area is 113 Å². The fourth-order valence-corrected chi connectivity index (χ4v) is 3.32. The van der Waals surface area contributed by atoms with E-state index in [0.717, 1.165) is 36.6 Å². The van der Waals surface area contributed by atoms with Gasteiger partial charge < -0.3 is 10.2 Å². The first-order chi connectivity index (χ1) is 8.72. The van der Waals surface area contributed by atoms with Gasteiger partial charge in [0, 0.05) is 41.9 Å². The van der Waals surface area contributed by atoms with Gasteiger partial charge >= 0.3 is 0 Å². The number of benzene rings is 1. The maximum atomic E-state index is 14.0. The Morgan fingerprint density at radius 3 is 3.06 bits per heavy atom. The lowest BCUT2D eigenvalue weighted by molar-refractivity contribution is 0.591. The Hall–Kier alpha value is -0.740. The fraction of sp³-hybridized carbons (Fsp3) is 0.571. The Morgan fingerprint density at radius 1 is 1.50 bits per heavy atom. The van der Waals surface area contributed by atoms with E-state index in [4.69, 9.17) is 0 Å². The summed E-state index contributed by atoms with van der Waals surface area (Å²) in [5, 5.41) is 3.84. The second-order valence-corrected chi connectivity index (χ2v) is 6.19. The maximum absolute atomic E-state index is 14.0. The highest BCUT2D eigenvalue weighted by Gasteiger charge is 2.20. The van der Waals surface area contributed by atoms with Gasteiger partial charge in [0.25, 0.3) is 0 Å². The summed E-state index contributed by atoms with van der Waals surface area (Å²) >= 11 is 1.99. The van der Waals surface area contributed by atoms with E-state index in [2.05, 4.69) is 17.1 Å². The van der Waals surface area contributed by atoms with Crippen LogP contribution in [0.15, 0.2) is 18.2 Å². The zero-order chi connectivity index (χ0) is 13.0. The van der Waals surface area contributed by atoms with Crippen LogP contribution in [0.1, 0.15) is 19.4 Å². The molecule has 1 fully saturated rings. The summed E-state index contributed by atoms with van der Waals surface area (Å²) in [6, 6.07) is 5.41. The highest BCUT2D eigenvalue weighted by atomic mass is 32.2. The van der Waals surface area contributed by atoms with E-state index in [1.54, 1.807) is 6.07 Å². The molecule has 2 nitrogen and oxygen atoms in total. The molecule has 1 saturated heterocycles. The average Bonchev–Trinajstić information content (AvgIpc) is 2.37. The molecule has 0 aromatic heterocycles. The maximum Gasteiger partial charge on any atom is 0.129 e. The molecule has 1 heterocycles. The summed E-state index contributed by atoms with van der Waals surface area (Å²) in [5.41, 5.74) is 1.86. The third kappa shape index (κ3) is 3.18. The van der Waals surface area contributed by atoms with Gasteiger partial charge in [-0.15, -0.1) is 0 Å². The first-order valence-corrected chi connectivity index (χ1v) is 7.62. The van der Waals surface area contributed by atoms with E-state index in [0.29, 0.717) is 11.8 Å². The number of halogens is 1. The van der Waals surface area contributed by atoms with Crippen molar-refractivity contribution >= 4 is 17.4 Å². The van der Waals surface area contributed by atoms with Crippen LogP contribution in [0.25, 0.3) is 0 Å². The number of nitrogens with zero attached hydrogens (tertiary/aromatic N) is 1. The zero-order valence-corrected chi connectivity index (χ0v) is 11.9. The summed E-state index contributed by atoms with van der Waals surface area (Å²) in [4.78, 5) is 2.32. The predicted molar refractivity (Wildman–Crippen MR) is 77.9 cm³/mol. The third-order valence-electron chi connectivity index (χ3n) is 3.23. The molecule has 1 aromatic carbocycles. The Kier molecular flexibility index (Phi) is 4.89. The minimum absolute atomic E-state index is 0.0978. The third-order valence-corrected chi connectivity index (χ3v) is 4.36. The van der Waals surface area contributed by atoms with Crippen molar-refractivity contribution in [3.63, 3.8) is 0 Å². The smallest absolute Gasteiger partial charge is 0.129 e. The molecule has 0 aliphatic carbocycles. The molecular weight excluding hydrogens is 247 g/mol. The molecule has 1 aliphatic rings. The molecule has 1 atom stereocenters. The van der Waals surface area contributed by atoms with Crippen molar-refractivity contribution in [2.75, 3.05) is 30.3 Å². The average molecular weight is 268 g/mol. The largest absolute Gasteiger partial charge is 0.369 e. The molecule has 0 spiro atoms.